The van der Waals surface area contributed by atoms with E-state index in [1.807, 2.05) is 30.5 Å². The lowest BCUT2D eigenvalue weighted by Gasteiger charge is -2.38. The molecule has 4 nitrogen and oxygen atoms in total. The fourth-order valence-corrected chi connectivity index (χ4v) is 4.87. The number of methoxy groups -OCH3 is 1. The van der Waals surface area contributed by atoms with Gasteiger partial charge in [-0.2, -0.15) is 0 Å². The highest BCUT2D eigenvalue weighted by Gasteiger charge is 2.29. The standard InChI is InChI=1S/C26H29BrN2O2/c1-30-19-24-26(27)25(16-17-28-24)29(31-18-20-8-4-2-5-9-20)23-14-12-22(13-15-23)21-10-6-3-7-11-21/h2-11,16-17,22-23H,12-15,18-19H2,1H3. The number of hydrogen-bond donors (Lipinski definition) is 0. The van der Waals surface area contributed by atoms with E-state index in [0.29, 0.717) is 25.2 Å². The first-order valence-corrected chi connectivity index (χ1v) is 11.7. The van der Waals surface area contributed by atoms with Gasteiger partial charge in [0.15, 0.2) is 0 Å². The number of aromatic nitrogens is 1. The van der Waals surface area contributed by atoms with Crippen LogP contribution in [0.15, 0.2) is 77.4 Å². The molecule has 1 aliphatic rings. The molecule has 0 bridgehead atoms. The molecule has 0 radical (unpaired) electrons. The molecular weight excluding hydrogens is 452 g/mol. The van der Waals surface area contributed by atoms with Gasteiger partial charge in [0.05, 0.1) is 35.1 Å². The van der Waals surface area contributed by atoms with Gasteiger partial charge in [0.1, 0.15) is 0 Å². The summed E-state index contributed by atoms with van der Waals surface area (Å²) in [5.41, 5.74) is 4.50. The van der Waals surface area contributed by atoms with Gasteiger partial charge in [0, 0.05) is 13.3 Å². The maximum absolute atomic E-state index is 6.44. The summed E-state index contributed by atoms with van der Waals surface area (Å²) in [5, 5.41) is 2.11. The zero-order valence-corrected chi connectivity index (χ0v) is 19.5. The third-order valence-corrected chi connectivity index (χ3v) is 6.84. The Morgan fingerprint density at radius 3 is 2.26 bits per heavy atom. The number of ether oxygens (including phenoxy) is 1. The normalized spacial score (nSPS) is 18.6. The van der Waals surface area contributed by atoms with Crippen LogP contribution in [0.25, 0.3) is 0 Å². The molecule has 0 aliphatic heterocycles. The third-order valence-electron chi connectivity index (χ3n) is 5.97. The number of nitrogens with zero attached hydrogens (tertiary/aromatic N) is 2. The summed E-state index contributed by atoms with van der Waals surface area (Å²) in [5.74, 6) is 0.623. The van der Waals surface area contributed by atoms with E-state index >= 15 is 0 Å². The number of hydrogen-bond acceptors (Lipinski definition) is 4. The second kappa shape index (κ2) is 10.9. The molecule has 0 N–H and O–H groups in total. The van der Waals surface area contributed by atoms with E-state index in [1.54, 1.807) is 7.11 Å². The lowest BCUT2D eigenvalue weighted by molar-refractivity contribution is 0.0620. The van der Waals surface area contributed by atoms with Crippen LogP contribution in [0, 0.1) is 0 Å². The highest BCUT2D eigenvalue weighted by atomic mass is 79.9. The molecule has 0 unspecified atom stereocenters. The van der Waals surface area contributed by atoms with E-state index in [1.165, 1.54) is 5.56 Å². The SMILES string of the molecule is COCc1nccc(N(OCc2ccccc2)C2CCC(c3ccccc3)CC2)c1Br. The van der Waals surface area contributed by atoms with Crippen molar-refractivity contribution in [3.8, 4) is 0 Å². The van der Waals surface area contributed by atoms with Gasteiger partial charge in [-0.3, -0.25) is 9.82 Å². The van der Waals surface area contributed by atoms with Crippen molar-refractivity contribution in [2.75, 3.05) is 12.2 Å². The van der Waals surface area contributed by atoms with Crippen molar-refractivity contribution in [1.82, 2.24) is 4.98 Å². The van der Waals surface area contributed by atoms with Crippen LogP contribution in [0.5, 0.6) is 0 Å². The molecule has 1 aromatic heterocycles. The van der Waals surface area contributed by atoms with Gasteiger partial charge in [0.25, 0.3) is 0 Å². The lowest BCUT2D eigenvalue weighted by atomic mass is 9.81. The van der Waals surface area contributed by atoms with Crippen LogP contribution in [-0.2, 0) is 22.8 Å². The molecule has 31 heavy (non-hydrogen) atoms. The number of anilines is 1. The number of benzene rings is 2. The van der Waals surface area contributed by atoms with Crippen LogP contribution in [0.4, 0.5) is 5.69 Å². The highest BCUT2D eigenvalue weighted by Crippen LogP contribution is 2.39. The highest BCUT2D eigenvalue weighted by molar-refractivity contribution is 9.10. The van der Waals surface area contributed by atoms with Crippen molar-refractivity contribution in [3.05, 3.63) is 94.2 Å². The third kappa shape index (κ3) is 5.53. The van der Waals surface area contributed by atoms with Crippen molar-refractivity contribution < 1.29 is 9.57 Å². The van der Waals surface area contributed by atoms with Crippen molar-refractivity contribution in [1.29, 1.82) is 0 Å². The topological polar surface area (TPSA) is 34.6 Å². The van der Waals surface area contributed by atoms with E-state index in [0.717, 1.165) is 47.1 Å². The predicted octanol–water partition coefficient (Wildman–Crippen LogP) is 6.66. The van der Waals surface area contributed by atoms with E-state index in [-0.39, 0.29) is 0 Å². The summed E-state index contributed by atoms with van der Waals surface area (Å²) >= 11 is 3.76. The minimum Gasteiger partial charge on any atom is -0.378 e. The summed E-state index contributed by atoms with van der Waals surface area (Å²) in [6, 6.07) is 23.6. The van der Waals surface area contributed by atoms with Crippen molar-refractivity contribution in [3.63, 3.8) is 0 Å². The second-order valence-corrected chi connectivity index (χ2v) is 8.82. The average Bonchev–Trinajstić information content (AvgIpc) is 2.83. The monoisotopic (exact) mass is 480 g/mol. The molecule has 5 heteroatoms. The Labute approximate surface area is 193 Å². The fraction of sp³-hybridized carbons (Fsp3) is 0.346. The van der Waals surface area contributed by atoms with Crippen molar-refractivity contribution >= 4 is 21.6 Å². The Bertz CT molecular complexity index is 944. The first-order valence-electron chi connectivity index (χ1n) is 10.9. The first kappa shape index (κ1) is 22.0. The number of rotatable bonds is 8. The molecule has 4 rings (SSSR count). The Morgan fingerprint density at radius 1 is 0.903 bits per heavy atom. The Hall–Kier alpha value is -2.21. The molecule has 0 atom stereocenters. The van der Waals surface area contributed by atoms with Crippen molar-refractivity contribution in [2.45, 2.75) is 50.9 Å². The number of hydroxylamine groups is 1. The molecule has 1 aliphatic carbocycles. The number of pyridine rings is 1. The summed E-state index contributed by atoms with van der Waals surface area (Å²) in [7, 11) is 1.69. The quantitative estimate of drug-likeness (QED) is 0.337. The van der Waals surface area contributed by atoms with Crippen LogP contribution in [0.3, 0.4) is 0 Å². The van der Waals surface area contributed by atoms with Gasteiger partial charge in [-0.1, -0.05) is 60.7 Å². The average molecular weight is 481 g/mol. The zero-order chi connectivity index (χ0) is 21.5. The van der Waals surface area contributed by atoms with Crippen LogP contribution in [-0.4, -0.2) is 18.1 Å². The Morgan fingerprint density at radius 2 is 1.58 bits per heavy atom. The molecule has 3 aromatic rings. The summed E-state index contributed by atoms with van der Waals surface area (Å²) in [6.07, 6.45) is 6.33. The summed E-state index contributed by atoms with van der Waals surface area (Å²) in [4.78, 5) is 10.9. The van der Waals surface area contributed by atoms with Gasteiger partial charge in [-0.05, 0) is 64.7 Å². The van der Waals surface area contributed by atoms with E-state index in [2.05, 4.69) is 68.4 Å². The largest absolute Gasteiger partial charge is 0.378 e. The molecule has 0 amide bonds. The zero-order valence-electron chi connectivity index (χ0n) is 17.9. The Kier molecular flexibility index (Phi) is 7.73. The molecule has 1 fully saturated rings. The van der Waals surface area contributed by atoms with Gasteiger partial charge in [-0.15, -0.1) is 0 Å². The molecule has 1 heterocycles. The Balaban J connectivity index is 1.54. The fourth-order valence-electron chi connectivity index (χ4n) is 4.34. The summed E-state index contributed by atoms with van der Waals surface area (Å²) in [6.45, 7) is 0.996. The maximum Gasteiger partial charge on any atom is 0.0999 e. The molecule has 0 saturated heterocycles. The van der Waals surface area contributed by atoms with Crippen LogP contribution < -0.4 is 5.06 Å². The predicted molar refractivity (Wildman–Crippen MR) is 128 cm³/mol. The smallest absolute Gasteiger partial charge is 0.0999 e. The van der Waals surface area contributed by atoms with Gasteiger partial charge < -0.3 is 4.74 Å². The van der Waals surface area contributed by atoms with Gasteiger partial charge >= 0.3 is 0 Å². The van der Waals surface area contributed by atoms with Crippen molar-refractivity contribution in [2.24, 2.45) is 0 Å². The van der Waals surface area contributed by atoms with Gasteiger partial charge in [0.2, 0.25) is 0 Å². The van der Waals surface area contributed by atoms with Crippen LogP contribution in [0.1, 0.15) is 48.4 Å². The molecular formula is C26H29BrN2O2. The minimum absolute atomic E-state index is 0.317. The van der Waals surface area contributed by atoms with E-state index in [4.69, 9.17) is 9.57 Å². The lowest BCUT2D eigenvalue weighted by Crippen LogP contribution is -2.38. The van der Waals surface area contributed by atoms with Crippen LogP contribution in [0.2, 0.25) is 0 Å². The summed E-state index contributed by atoms with van der Waals surface area (Å²) < 4.78 is 6.27. The maximum atomic E-state index is 6.44. The van der Waals surface area contributed by atoms with E-state index in [9.17, 15) is 0 Å². The molecule has 1 saturated carbocycles. The minimum atomic E-state index is 0.317. The van der Waals surface area contributed by atoms with E-state index < -0.39 is 0 Å². The molecule has 162 valence electrons. The second-order valence-electron chi connectivity index (χ2n) is 8.02. The first-order chi connectivity index (χ1) is 15.3. The molecule has 0 spiro atoms. The van der Waals surface area contributed by atoms with Gasteiger partial charge in [-0.25, -0.2) is 5.06 Å². The number of halogens is 1. The van der Waals surface area contributed by atoms with Crippen LogP contribution >= 0.6 is 15.9 Å². The molecule has 2 aromatic carbocycles.